The van der Waals surface area contributed by atoms with Crippen LogP contribution >= 0.6 is 25.3 Å². The second-order valence-corrected chi connectivity index (χ2v) is 5.40. The summed E-state index contributed by atoms with van der Waals surface area (Å²) in [5.41, 5.74) is 0.325. The summed E-state index contributed by atoms with van der Waals surface area (Å²) in [6, 6.07) is 2.25. The van der Waals surface area contributed by atoms with E-state index in [0.717, 1.165) is 12.8 Å². The first kappa shape index (κ1) is 9.74. The molecule has 4 atom stereocenters. The maximum Gasteiger partial charge on any atom is 0.103 e. The molecule has 4 unspecified atom stereocenters. The average Bonchev–Trinajstić information content (AvgIpc) is 2.59. The van der Waals surface area contributed by atoms with E-state index in [4.69, 9.17) is 0 Å². The predicted octanol–water partition coefficient (Wildman–Crippen LogP) is -0.933. The van der Waals surface area contributed by atoms with Crippen LogP contribution in [0.15, 0.2) is 0 Å². The van der Waals surface area contributed by atoms with Crippen molar-refractivity contribution in [3.8, 4) is 0 Å². The van der Waals surface area contributed by atoms with Crippen LogP contribution in [0.4, 0.5) is 0 Å². The van der Waals surface area contributed by atoms with Gasteiger partial charge in [0.2, 0.25) is 0 Å². The average molecular weight is 232 g/mol. The monoisotopic (exact) mass is 232 g/mol. The Kier molecular flexibility index (Phi) is 2.46. The molecule has 3 aliphatic rings. The van der Waals surface area contributed by atoms with Gasteiger partial charge in [-0.25, -0.2) is 0 Å². The highest BCUT2D eigenvalue weighted by Crippen LogP contribution is 2.27. The van der Waals surface area contributed by atoms with E-state index in [0.29, 0.717) is 24.2 Å². The minimum atomic E-state index is 0.163. The summed E-state index contributed by atoms with van der Waals surface area (Å²) in [6.45, 7) is 0. The Morgan fingerprint density at radius 2 is 0.929 bits per heavy atom. The van der Waals surface area contributed by atoms with Crippen molar-refractivity contribution in [2.24, 2.45) is 0 Å². The van der Waals surface area contributed by atoms with E-state index in [1.54, 1.807) is 0 Å². The SMILES string of the molecule is SC1NC2CC3NC(S)NC3CC2N1. The lowest BCUT2D eigenvalue weighted by Crippen LogP contribution is -2.51. The molecule has 4 nitrogen and oxygen atoms in total. The summed E-state index contributed by atoms with van der Waals surface area (Å²) in [7, 11) is 0. The zero-order chi connectivity index (χ0) is 9.71. The number of thiol groups is 2. The summed E-state index contributed by atoms with van der Waals surface area (Å²) < 4.78 is 0. The van der Waals surface area contributed by atoms with Gasteiger partial charge in [0, 0.05) is 24.2 Å². The van der Waals surface area contributed by atoms with Gasteiger partial charge in [0.05, 0.1) is 0 Å². The minimum Gasteiger partial charge on any atom is -0.289 e. The Hall–Kier alpha value is 0.540. The number of hydrogen-bond acceptors (Lipinski definition) is 6. The van der Waals surface area contributed by atoms with Crippen LogP contribution < -0.4 is 21.3 Å². The molecule has 3 fully saturated rings. The van der Waals surface area contributed by atoms with Crippen molar-refractivity contribution in [3.05, 3.63) is 0 Å². The van der Waals surface area contributed by atoms with Gasteiger partial charge in [0.15, 0.2) is 0 Å². The summed E-state index contributed by atoms with van der Waals surface area (Å²) in [5, 5.41) is 13.8. The Morgan fingerprint density at radius 3 is 1.21 bits per heavy atom. The van der Waals surface area contributed by atoms with Crippen LogP contribution in [0.5, 0.6) is 0 Å². The Balaban J connectivity index is 1.71. The lowest BCUT2D eigenvalue weighted by atomic mass is 9.85. The lowest BCUT2D eigenvalue weighted by Gasteiger charge is -2.33. The molecule has 0 spiro atoms. The second-order valence-electron chi connectivity index (χ2n) is 4.37. The molecule has 0 amide bonds. The van der Waals surface area contributed by atoms with Gasteiger partial charge >= 0.3 is 0 Å². The van der Waals surface area contributed by atoms with Gasteiger partial charge in [-0.15, -0.1) is 25.3 Å². The van der Waals surface area contributed by atoms with Crippen molar-refractivity contribution in [1.82, 2.24) is 21.3 Å². The zero-order valence-electron chi connectivity index (χ0n) is 7.77. The summed E-state index contributed by atoms with van der Waals surface area (Å²) in [6.07, 6.45) is 2.31. The molecular weight excluding hydrogens is 216 g/mol. The fraction of sp³-hybridized carbons (Fsp3) is 1.00. The van der Waals surface area contributed by atoms with Crippen LogP contribution in [0.3, 0.4) is 0 Å². The van der Waals surface area contributed by atoms with Crippen molar-refractivity contribution >= 4 is 25.3 Å². The predicted molar refractivity (Wildman–Crippen MR) is 62.5 cm³/mol. The molecule has 2 heterocycles. The van der Waals surface area contributed by atoms with Crippen LogP contribution in [-0.2, 0) is 0 Å². The third kappa shape index (κ3) is 1.58. The van der Waals surface area contributed by atoms with E-state index in [9.17, 15) is 0 Å². The van der Waals surface area contributed by atoms with Crippen molar-refractivity contribution in [2.75, 3.05) is 0 Å². The highest BCUT2D eigenvalue weighted by Gasteiger charge is 2.44. The standard InChI is InChI=1S/C8H16N4S2/c13-7-9-3-1-4-6(2-5(3)11-7)12-8(14)10-4/h3-14H,1-2H2. The Bertz CT molecular complexity index is 195. The number of fused-ring (bicyclic) bond motifs is 2. The van der Waals surface area contributed by atoms with E-state index in [2.05, 4.69) is 46.5 Å². The highest BCUT2D eigenvalue weighted by atomic mass is 32.1. The van der Waals surface area contributed by atoms with Gasteiger partial charge in [-0.3, -0.25) is 21.3 Å². The molecule has 0 aromatic heterocycles. The largest absolute Gasteiger partial charge is 0.289 e. The quantitative estimate of drug-likeness (QED) is 0.306. The Labute approximate surface area is 94.8 Å². The molecule has 14 heavy (non-hydrogen) atoms. The van der Waals surface area contributed by atoms with Crippen molar-refractivity contribution in [2.45, 2.75) is 48.0 Å². The highest BCUT2D eigenvalue weighted by molar-refractivity contribution is 7.81. The van der Waals surface area contributed by atoms with Gasteiger partial charge in [-0.2, -0.15) is 0 Å². The van der Waals surface area contributed by atoms with Crippen LogP contribution in [0.1, 0.15) is 12.8 Å². The molecule has 80 valence electrons. The van der Waals surface area contributed by atoms with E-state index in [1.807, 2.05) is 0 Å². The van der Waals surface area contributed by atoms with Gasteiger partial charge < -0.3 is 0 Å². The molecule has 1 saturated carbocycles. The van der Waals surface area contributed by atoms with E-state index in [1.165, 1.54) is 0 Å². The van der Waals surface area contributed by atoms with Gasteiger partial charge in [-0.05, 0) is 12.8 Å². The molecule has 0 aromatic rings. The maximum atomic E-state index is 4.39. The summed E-state index contributed by atoms with van der Waals surface area (Å²) in [5.74, 6) is 0. The van der Waals surface area contributed by atoms with Crippen LogP contribution in [-0.4, -0.2) is 35.2 Å². The summed E-state index contributed by atoms with van der Waals surface area (Å²) in [4.78, 5) is 0. The fourth-order valence-corrected chi connectivity index (χ4v) is 3.61. The van der Waals surface area contributed by atoms with Crippen molar-refractivity contribution < 1.29 is 0 Å². The lowest BCUT2D eigenvalue weighted by molar-refractivity contribution is 0.295. The molecule has 4 N–H and O–H groups in total. The van der Waals surface area contributed by atoms with E-state index >= 15 is 0 Å². The molecule has 2 saturated heterocycles. The molecule has 3 rings (SSSR count). The minimum absolute atomic E-state index is 0.163. The van der Waals surface area contributed by atoms with E-state index < -0.39 is 0 Å². The number of rotatable bonds is 0. The van der Waals surface area contributed by atoms with Gasteiger partial charge in [0.1, 0.15) is 11.0 Å². The fourth-order valence-electron chi connectivity index (χ4n) is 2.85. The van der Waals surface area contributed by atoms with Gasteiger partial charge in [-0.1, -0.05) is 0 Å². The second kappa shape index (κ2) is 3.54. The van der Waals surface area contributed by atoms with Crippen LogP contribution in [0.2, 0.25) is 0 Å². The number of hydrogen-bond donors (Lipinski definition) is 6. The van der Waals surface area contributed by atoms with Crippen LogP contribution in [0, 0.1) is 0 Å². The van der Waals surface area contributed by atoms with Gasteiger partial charge in [0.25, 0.3) is 0 Å². The molecule has 1 aliphatic carbocycles. The van der Waals surface area contributed by atoms with Crippen molar-refractivity contribution in [1.29, 1.82) is 0 Å². The van der Waals surface area contributed by atoms with Crippen LogP contribution in [0.25, 0.3) is 0 Å². The normalized spacial score (nSPS) is 57.0. The maximum absolute atomic E-state index is 4.39. The van der Waals surface area contributed by atoms with E-state index in [-0.39, 0.29) is 11.0 Å². The topological polar surface area (TPSA) is 48.1 Å². The molecule has 6 heteroatoms. The molecule has 0 aromatic carbocycles. The van der Waals surface area contributed by atoms with Crippen molar-refractivity contribution in [3.63, 3.8) is 0 Å². The number of nitrogens with one attached hydrogen (secondary N) is 4. The first-order valence-electron chi connectivity index (χ1n) is 5.13. The molecule has 2 aliphatic heterocycles. The Morgan fingerprint density at radius 1 is 0.643 bits per heavy atom. The first-order valence-corrected chi connectivity index (χ1v) is 6.16. The smallest absolute Gasteiger partial charge is 0.103 e. The molecular formula is C8H16N4S2. The third-order valence-electron chi connectivity index (χ3n) is 3.47. The molecule has 0 radical (unpaired) electrons. The summed E-state index contributed by atoms with van der Waals surface area (Å²) >= 11 is 8.79. The third-order valence-corrected chi connectivity index (χ3v) is 4.07. The zero-order valence-corrected chi connectivity index (χ0v) is 9.56. The first-order chi connectivity index (χ1) is 6.72. The molecule has 0 bridgehead atoms.